The van der Waals surface area contributed by atoms with Gasteiger partial charge in [-0.15, -0.1) is 0 Å². The van der Waals surface area contributed by atoms with E-state index >= 15 is 0 Å². The first kappa shape index (κ1) is 27.4. The number of amides is 1. The number of benzene rings is 1. The van der Waals surface area contributed by atoms with Gasteiger partial charge in [0.25, 0.3) is 0 Å². The largest absolute Gasteiger partial charge is 0.425 e. The van der Waals surface area contributed by atoms with E-state index < -0.39 is 49.6 Å². The van der Waals surface area contributed by atoms with Crippen molar-refractivity contribution >= 4 is 21.7 Å². The first-order valence-electron chi connectivity index (χ1n) is 12.4. The third-order valence-corrected chi connectivity index (χ3v) is 9.12. The highest BCUT2D eigenvalue weighted by molar-refractivity contribution is 7.92. The highest BCUT2D eigenvalue weighted by Gasteiger charge is 2.49. The van der Waals surface area contributed by atoms with E-state index in [1.165, 1.54) is 15.6 Å². The molecule has 0 bridgehead atoms. The number of ether oxygens (including phenoxy) is 1. The maximum Gasteiger partial charge on any atom is 0.417 e. The van der Waals surface area contributed by atoms with E-state index in [1.807, 2.05) is 6.07 Å². The van der Waals surface area contributed by atoms with Crippen LogP contribution in [0.25, 0.3) is 5.69 Å². The zero-order chi connectivity index (χ0) is 28.9. The molecule has 0 spiro atoms. The Kier molecular flexibility index (Phi) is 6.73. The van der Waals surface area contributed by atoms with Crippen molar-refractivity contribution in [3.05, 3.63) is 65.6 Å². The lowest BCUT2D eigenvalue weighted by atomic mass is 10.2. The highest BCUT2D eigenvalue weighted by Crippen LogP contribution is 2.39. The summed E-state index contributed by atoms with van der Waals surface area (Å²) >= 11 is 0. The first-order valence-corrected chi connectivity index (χ1v) is 13.9. The zero-order valence-corrected chi connectivity index (χ0v) is 22.3. The SMILES string of the molecule is Cc1cc(-n2nc(C)cc2N2C[C@H](S(=O)(=O)c3ccccc3C(F)(F)F)C[C@@H]2OC(=O)NC2(C#N)CC2)ccn1. The number of anilines is 1. The quantitative estimate of drug-likeness (QED) is 0.467. The average molecular weight is 575 g/mol. The molecule has 14 heteroatoms. The van der Waals surface area contributed by atoms with E-state index in [9.17, 15) is 31.6 Å². The van der Waals surface area contributed by atoms with Gasteiger partial charge in [-0.05, 0) is 51.0 Å². The number of alkyl halides is 3. The lowest BCUT2D eigenvalue weighted by Gasteiger charge is -2.27. The number of carbonyl (C=O) groups is 1. The zero-order valence-electron chi connectivity index (χ0n) is 21.5. The van der Waals surface area contributed by atoms with Gasteiger partial charge in [0.05, 0.1) is 33.2 Å². The molecule has 0 unspecified atom stereocenters. The molecule has 1 saturated carbocycles. The fraction of sp³-hybridized carbons (Fsp3) is 0.385. The molecule has 1 aliphatic heterocycles. The molecule has 210 valence electrons. The van der Waals surface area contributed by atoms with Crippen molar-refractivity contribution in [3.8, 4) is 11.8 Å². The minimum Gasteiger partial charge on any atom is -0.425 e. The van der Waals surface area contributed by atoms with E-state index in [1.54, 1.807) is 38.2 Å². The van der Waals surface area contributed by atoms with Crippen LogP contribution in [0.5, 0.6) is 0 Å². The normalized spacial score (nSPS) is 20.1. The molecule has 1 amide bonds. The number of nitriles is 1. The summed E-state index contributed by atoms with van der Waals surface area (Å²) in [5, 5.41) is 15.0. The molecule has 40 heavy (non-hydrogen) atoms. The van der Waals surface area contributed by atoms with Crippen LogP contribution in [0.4, 0.5) is 23.8 Å². The summed E-state index contributed by atoms with van der Waals surface area (Å²) in [6.45, 7) is 3.24. The van der Waals surface area contributed by atoms with Crippen LogP contribution in [0.15, 0.2) is 53.6 Å². The van der Waals surface area contributed by atoms with Crippen LogP contribution < -0.4 is 10.2 Å². The van der Waals surface area contributed by atoms with Crippen molar-refractivity contribution in [1.29, 1.82) is 5.26 Å². The number of hydrogen-bond donors (Lipinski definition) is 1. The standard InChI is InChI=1S/C26H25F3N6O4S/c1-16-11-18(7-10-31-16)35-22(12-17(2)33-35)34-14-19(13-23(34)39-24(36)32-25(15-30)8-9-25)40(37,38)21-6-4-3-5-20(21)26(27,28)29/h3-7,10-12,19,23H,8-9,13-14H2,1-2H3,(H,32,36)/t19-,23+/m1/s1. The monoisotopic (exact) mass is 574 g/mol. The van der Waals surface area contributed by atoms with Crippen molar-refractivity contribution in [2.24, 2.45) is 0 Å². The van der Waals surface area contributed by atoms with Gasteiger partial charge in [0, 0.05) is 30.9 Å². The van der Waals surface area contributed by atoms with Crippen molar-refractivity contribution in [1.82, 2.24) is 20.1 Å². The Morgan fingerprint density at radius 3 is 2.55 bits per heavy atom. The van der Waals surface area contributed by atoms with Gasteiger partial charge in [0.2, 0.25) is 0 Å². The van der Waals surface area contributed by atoms with Crippen LogP contribution in [-0.4, -0.2) is 52.8 Å². The number of nitrogens with zero attached hydrogens (tertiary/aromatic N) is 5. The molecule has 2 aromatic heterocycles. The minimum atomic E-state index is -4.89. The summed E-state index contributed by atoms with van der Waals surface area (Å²) in [7, 11) is -4.53. The van der Waals surface area contributed by atoms with Gasteiger partial charge in [0.1, 0.15) is 11.4 Å². The molecule has 1 saturated heterocycles. The van der Waals surface area contributed by atoms with E-state index in [0.717, 1.165) is 18.2 Å². The van der Waals surface area contributed by atoms with E-state index in [0.29, 0.717) is 35.7 Å². The van der Waals surface area contributed by atoms with Gasteiger partial charge in [-0.3, -0.25) is 4.98 Å². The Labute approximate surface area is 228 Å². The van der Waals surface area contributed by atoms with Crippen LogP contribution in [0, 0.1) is 25.2 Å². The smallest absolute Gasteiger partial charge is 0.417 e. The fourth-order valence-electron chi connectivity index (χ4n) is 4.75. The average Bonchev–Trinajstić information content (AvgIpc) is 3.36. The number of hydrogen-bond acceptors (Lipinski definition) is 8. The van der Waals surface area contributed by atoms with E-state index in [4.69, 9.17) is 4.74 Å². The van der Waals surface area contributed by atoms with E-state index in [-0.39, 0.29) is 13.0 Å². The van der Waals surface area contributed by atoms with Crippen LogP contribution >= 0.6 is 0 Å². The van der Waals surface area contributed by atoms with Crippen LogP contribution in [0.3, 0.4) is 0 Å². The summed E-state index contributed by atoms with van der Waals surface area (Å²) in [5.74, 6) is 0.379. The number of pyridine rings is 1. The molecule has 3 heterocycles. The molecular formula is C26H25F3N6O4S. The van der Waals surface area contributed by atoms with Gasteiger partial charge < -0.3 is 15.0 Å². The van der Waals surface area contributed by atoms with Gasteiger partial charge in [0.15, 0.2) is 16.1 Å². The fourth-order valence-corrected chi connectivity index (χ4v) is 6.64. The number of alkyl carbamates (subject to hydrolysis) is 1. The predicted molar refractivity (Wildman–Crippen MR) is 136 cm³/mol. The lowest BCUT2D eigenvalue weighted by molar-refractivity contribution is -0.139. The topological polar surface area (TPSA) is 130 Å². The van der Waals surface area contributed by atoms with Crippen LogP contribution in [-0.2, 0) is 20.8 Å². The second-order valence-electron chi connectivity index (χ2n) is 9.94. The molecule has 0 radical (unpaired) electrons. The molecule has 2 aliphatic rings. The number of carbonyl (C=O) groups excluding carboxylic acids is 1. The summed E-state index contributed by atoms with van der Waals surface area (Å²) in [5.41, 5.74) is -0.427. The number of sulfone groups is 1. The highest BCUT2D eigenvalue weighted by atomic mass is 32.2. The summed E-state index contributed by atoms with van der Waals surface area (Å²) in [6, 6.07) is 11.1. The van der Waals surface area contributed by atoms with Gasteiger partial charge >= 0.3 is 12.3 Å². The molecule has 2 atom stereocenters. The van der Waals surface area contributed by atoms with Gasteiger partial charge in [-0.1, -0.05) is 12.1 Å². The Hall–Kier alpha value is -4.12. The predicted octanol–water partition coefficient (Wildman–Crippen LogP) is 4.06. The second kappa shape index (κ2) is 9.81. The molecule has 5 rings (SSSR count). The maximum absolute atomic E-state index is 13.7. The Morgan fingerprint density at radius 2 is 1.90 bits per heavy atom. The number of rotatable bonds is 6. The third kappa shape index (κ3) is 5.21. The number of aryl methyl sites for hydroxylation is 2. The lowest BCUT2D eigenvalue weighted by Crippen LogP contribution is -2.42. The van der Waals surface area contributed by atoms with Crippen LogP contribution in [0.1, 0.15) is 36.2 Å². The Morgan fingerprint density at radius 1 is 1.18 bits per heavy atom. The molecule has 2 fully saturated rings. The number of nitrogens with one attached hydrogen (secondary N) is 1. The van der Waals surface area contributed by atoms with Crippen molar-refractivity contribution < 1.29 is 31.1 Å². The maximum atomic E-state index is 13.7. The molecule has 3 aromatic rings. The van der Waals surface area contributed by atoms with Crippen molar-refractivity contribution in [2.45, 2.75) is 61.2 Å². The number of aromatic nitrogens is 3. The van der Waals surface area contributed by atoms with Crippen molar-refractivity contribution in [2.75, 3.05) is 11.4 Å². The summed E-state index contributed by atoms with van der Waals surface area (Å²) in [4.78, 5) is 17.6. The minimum absolute atomic E-state index is 0.273. The van der Waals surface area contributed by atoms with Crippen molar-refractivity contribution in [3.63, 3.8) is 0 Å². The van der Waals surface area contributed by atoms with Gasteiger partial charge in [-0.2, -0.15) is 23.5 Å². The second-order valence-corrected chi connectivity index (χ2v) is 12.1. The molecule has 1 aromatic carbocycles. The van der Waals surface area contributed by atoms with Gasteiger partial charge in [-0.25, -0.2) is 17.9 Å². The Bertz CT molecular complexity index is 1610. The third-order valence-electron chi connectivity index (χ3n) is 6.93. The molecule has 1 N–H and O–H groups in total. The van der Waals surface area contributed by atoms with Crippen LogP contribution in [0.2, 0.25) is 0 Å². The van der Waals surface area contributed by atoms with E-state index in [2.05, 4.69) is 15.4 Å². The number of halogens is 3. The summed E-state index contributed by atoms with van der Waals surface area (Å²) in [6.07, 6.45) is -4.81. The molecule has 1 aliphatic carbocycles. The summed E-state index contributed by atoms with van der Waals surface area (Å²) < 4.78 is 75.6. The molecule has 10 nitrogen and oxygen atoms in total. The molecular weight excluding hydrogens is 549 g/mol. The Balaban J connectivity index is 1.54. The first-order chi connectivity index (χ1) is 18.8.